The lowest BCUT2D eigenvalue weighted by Gasteiger charge is -2.12. The lowest BCUT2D eigenvalue weighted by molar-refractivity contribution is 1.36. The normalized spacial score (nSPS) is 10.5. The van der Waals surface area contributed by atoms with Crippen LogP contribution in [0.5, 0.6) is 0 Å². The first-order valence-electron chi connectivity index (χ1n) is 3.67. The highest BCUT2D eigenvalue weighted by Gasteiger charge is 2.11. The Morgan fingerprint density at radius 1 is 0.833 bits per heavy atom. The smallest absolute Gasteiger partial charge is 0.0485 e. The molecule has 0 amide bonds. The zero-order valence-corrected chi connectivity index (χ0v) is 10.00. The van der Waals surface area contributed by atoms with Crippen molar-refractivity contribution in [2.24, 2.45) is 0 Å². The van der Waals surface area contributed by atoms with Crippen LogP contribution < -0.4 is 5.30 Å². The van der Waals surface area contributed by atoms with Crippen LogP contribution in [-0.4, -0.2) is 0 Å². The quantitative estimate of drug-likeness (QED) is 0.589. The van der Waals surface area contributed by atoms with Gasteiger partial charge < -0.3 is 0 Å². The second-order valence-electron chi connectivity index (χ2n) is 2.92. The van der Waals surface area contributed by atoms with E-state index in [1.54, 1.807) is 0 Å². The molecule has 0 nitrogen and oxygen atoms in total. The molecule has 0 aliphatic rings. The fraction of sp³-hybridized carbons (Fsp3) is 0.333. The summed E-state index contributed by atoms with van der Waals surface area (Å²) >= 11 is 12.1. The maximum absolute atomic E-state index is 6.06. The molecule has 0 aromatic heterocycles. The van der Waals surface area contributed by atoms with E-state index in [1.165, 1.54) is 0 Å². The summed E-state index contributed by atoms with van der Waals surface area (Å²) in [5.74, 6) is 0. The first-order chi connectivity index (χ1) is 5.46. The lowest BCUT2D eigenvalue weighted by Crippen LogP contribution is -2.05. The number of hydrogen-bond acceptors (Lipinski definition) is 0. The summed E-state index contributed by atoms with van der Waals surface area (Å²) in [6.07, 6.45) is 0. The fourth-order valence-electron chi connectivity index (χ4n) is 1.18. The Morgan fingerprint density at radius 3 is 1.50 bits per heavy atom. The SMILES string of the molecule is Cc1c(P)c(C)c(Cl)c(C)c1Cl. The summed E-state index contributed by atoms with van der Waals surface area (Å²) in [5, 5.41) is 2.65. The molecule has 1 aromatic carbocycles. The fourth-order valence-corrected chi connectivity index (χ4v) is 2.09. The van der Waals surface area contributed by atoms with E-state index in [2.05, 4.69) is 9.24 Å². The van der Waals surface area contributed by atoms with Crippen LogP contribution in [0.15, 0.2) is 0 Å². The van der Waals surface area contributed by atoms with E-state index in [-0.39, 0.29) is 0 Å². The average molecular weight is 221 g/mol. The van der Waals surface area contributed by atoms with Crippen LogP contribution in [0.2, 0.25) is 10.0 Å². The molecule has 1 unspecified atom stereocenters. The molecule has 0 aliphatic carbocycles. The van der Waals surface area contributed by atoms with E-state index in [0.717, 1.165) is 32.0 Å². The Labute approximate surface area is 85.5 Å². The van der Waals surface area contributed by atoms with Crippen molar-refractivity contribution in [2.75, 3.05) is 0 Å². The van der Waals surface area contributed by atoms with Gasteiger partial charge in [-0.15, -0.1) is 9.24 Å². The molecule has 0 spiro atoms. The highest BCUT2D eigenvalue weighted by molar-refractivity contribution is 7.27. The minimum atomic E-state index is 0.774. The van der Waals surface area contributed by atoms with Crippen molar-refractivity contribution >= 4 is 37.7 Å². The molecule has 0 aliphatic heterocycles. The van der Waals surface area contributed by atoms with E-state index in [1.807, 2.05) is 20.8 Å². The zero-order chi connectivity index (χ0) is 9.46. The maximum Gasteiger partial charge on any atom is 0.0485 e. The van der Waals surface area contributed by atoms with Gasteiger partial charge in [-0.1, -0.05) is 23.2 Å². The summed E-state index contributed by atoms with van der Waals surface area (Å²) in [6, 6.07) is 0. The van der Waals surface area contributed by atoms with Gasteiger partial charge in [0.25, 0.3) is 0 Å². The summed E-state index contributed by atoms with van der Waals surface area (Å²) in [4.78, 5) is 0. The number of benzene rings is 1. The van der Waals surface area contributed by atoms with E-state index >= 15 is 0 Å². The first kappa shape index (κ1) is 10.3. The van der Waals surface area contributed by atoms with Gasteiger partial charge >= 0.3 is 0 Å². The molecule has 0 radical (unpaired) electrons. The topological polar surface area (TPSA) is 0 Å². The minimum absolute atomic E-state index is 0.774. The van der Waals surface area contributed by atoms with Crippen LogP contribution in [0.25, 0.3) is 0 Å². The van der Waals surface area contributed by atoms with Crippen molar-refractivity contribution in [3.63, 3.8) is 0 Å². The van der Waals surface area contributed by atoms with Crippen LogP contribution in [0.3, 0.4) is 0 Å². The molecular weight excluding hydrogens is 210 g/mol. The van der Waals surface area contributed by atoms with Crippen molar-refractivity contribution in [2.45, 2.75) is 20.8 Å². The van der Waals surface area contributed by atoms with E-state index < -0.39 is 0 Å². The number of hydrogen-bond donors (Lipinski definition) is 0. The summed E-state index contributed by atoms with van der Waals surface area (Å²) in [5.41, 5.74) is 3.17. The van der Waals surface area contributed by atoms with E-state index in [9.17, 15) is 0 Å². The van der Waals surface area contributed by atoms with Crippen LogP contribution in [0.1, 0.15) is 16.7 Å². The molecule has 0 saturated heterocycles. The number of rotatable bonds is 0. The van der Waals surface area contributed by atoms with Crippen LogP contribution >= 0.6 is 32.4 Å². The Kier molecular flexibility index (Phi) is 3.04. The molecule has 3 heteroatoms. The third-order valence-corrected chi connectivity index (χ3v) is 4.12. The van der Waals surface area contributed by atoms with E-state index in [0.29, 0.717) is 0 Å². The second kappa shape index (κ2) is 3.54. The molecule has 1 rings (SSSR count). The molecule has 1 aromatic rings. The molecule has 12 heavy (non-hydrogen) atoms. The van der Waals surface area contributed by atoms with Gasteiger partial charge in [0.1, 0.15) is 0 Å². The average Bonchev–Trinajstić information content (AvgIpc) is 2.08. The second-order valence-corrected chi connectivity index (χ2v) is 4.25. The molecule has 0 N–H and O–H groups in total. The molecule has 0 heterocycles. The van der Waals surface area contributed by atoms with Crippen molar-refractivity contribution in [1.29, 1.82) is 0 Å². The standard InChI is InChI=1S/C9H11Cl2P/c1-4-7(10)5(2)9(12)6(3)8(4)11/h12H2,1-3H3. The monoisotopic (exact) mass is 220 g/mol. The Balaban J connectivity index is 3.60. The molecule has 0 saturated carbocycles. The number of halogens is 2. The molecule has 0 bridgehead atoms. The van der Waals surface area contributed by atoms with Crippen LogP contribution in [0, 0.1) is 20.8 Å². The molecule has 0 fully saturated rings. The largest absolute Gasteiger partial charge is 0.105 e. The summed E-state index contributed by atoms with van der Waals surface area (Å²) < 4.78 is 0. The third-order valence-electron chi connectivity index (χ3n) is 2.12. The predicted molar refractivity (Wildman–Crippen MR) is 60.0 cm³/mol. The Hall–Kier alpha value is 0.230. The zero-order valence-electron chi connectivity index (χ0n) is 7.33. The van der Waals surface area contributed by atoms with Crippen LogP contribution in [0.4, 0.5) is 0 Å². The minimum Gasteiger partial charge on any atom is -0.105 e. The van der Waals surface area contributed by atoms with Gasteiger partial charge in [-0.3, -0.25) is 0 Å². The predicted octanol–water partition coefficient (Wildman–Crippen LogP) is 3.42. The van der Waals surface area contributed by atoms with Gasteiger partial charge in [-0.2, -0.15) is 0 Å². The maximum atomic E-state index is 6.06. The van der Waals surface area contributed by atoms with Gasteiger partial charge in [0.05, 0.1) is 0 Å². The third kappa shape index (κ3) is 1.48. The van der Waals surface area contributed by atoms with E-state index in [4.69, 9.17) is 23.2 Å². The summed E-state index contributed by atoms with van der Waals surface area (Å²) in [7, 11) is 2.67. The molecule has 1 atom stereocenters. The van der Waals surface area contributed by atoms with Crippen molar-refractivity contribution in [3.8, 4) is 0 Å². The van der Waals surface area contributed by atoms with Gasteiger partial charge in [-0.25, -0.2) is 0 Å². The van der Waals surface area contributed by atoms with Gasteiger partial charge in [0, 0.05) is 10.0 Å². The van der Waals surface area contributed by atoms with Crippen LogP contribution in [-0.2, 0) is 0 Å². The Morgan fingerprint density at radius 2 is 1.17 bits per heavy atom. The highest BCUT2D eigenvalue weighted by Crippen LogP contribution is 2.29. The van der Waals surface area contributed by atoms with Gasteiger partial charge in [0.2, 0.25) is 0 Å². The highest BCUT2D eigenvalue weighted by atomic mass is 35.5. The van der Waals surface area contributed by atoms with Crippen molar-refractivity contribution in [3.05, 3.63) is 26.7 Å². The van der Waals surface area contributed by atoms with Gasteiger partial charge in [0.15, 0.2) is 0 Å². The lowest BCUT2D eigenvalue weighted by atomic mass is 10.1. The first-order valence-corrected chi connectivity index (χ1v) is 5.00. The Bertz CT molecular complexity index is 227. The molecular formula is C9H11Cl2P. The van der Waals surface area contributed by atoms with Gasteiger partial charge in [-0.05, 0) is 42.8 Å². The van der Waals surface area contributed by atoms with Crippen molar-refractivity contribution in [1.82, 2.24) is 0 Å². The summed E-state index contributed by atoms with van der Waals surface area (Å²) in [6.45, 7) is 5.94. The molecule has 66 valence electrons. The van der Waals surface area contributed by atoms with Crippen molar-refractivity contribution < 1.29 is 0 Å².